The van der Waals surface area contributed by atoms with Gasteiger partial charge in [-0.3, -0.25) is 0 Å². The average Bonchev–Trinajstić information content (AvgIpc) is 2.38. The van der Waals surface area contributed by atoms with Crippen molar-refractivity contribution in [1.29, 1.82) is 0 Å². The predicted octanol–water partition coefficient (Wildman–Crippen LogP) is 4.62. The summed E-state index contributed by atoms with van der Waals surface area (Å²) >= 11 is 0. The Labute approximate surface area is 119 Å². The molecule has 0 saturated carbocycles. The lowest BCUT2D eigenvalue weighted by atomic mass is 9.88. The SMILES string of the molecule is CCCNCC(Cc1ccc(C(C)C)cc1)C(C)C. The van der Waals surface area contributed by atoms with E-state index < -0.39 is 0 Å². The quantitative estimate of drug-likeness (QED) is 0.673. The van der Waals surface area contributed by atoms with Gasteiger partial charge < -0.3 is 5.32 Å². The Balaban J connectivity index is 2.58. The molecule has 1 aromatic carbocycles. The Kier molecular flexibility index (Phi) is 7.15. The standard InChI is InChI=1S/C18H31N/c1-6-11-19-13-18(15(4)5)12-16-7-9-17(10-8-16)14(2)3/h7-10,14-15,18-19H,6,11-13H2,1-5H3. The van der Waals surface area contributed by atoms with E-state index >= 15 is 0 Å². The predicted molar refractivity (Wildman–Crippen MR) is 85.7 cm³/mol. The molecular formula is C18H31N. The van der Waals surface area contributed by atoms with Gasteiger partial charge in [-0.15, -0.1) is 0 Å². The molecule has 0 aliphatic rings. The highest BCUT2D eigenvalue weighted by molar-refractivity contribution is 5.25. The zero-order valence-corrected chi connectivity index (χ0v) is 13.4. The summed E-state index contributed by atoms with van der Waals surface area (Å²) in [6.45, 7) is 13.7. The van der Waals surface area contributed by atoms with E-state index in [-0.39, 0.29) is 0 Å². The Bertz CT molecular complexity index is 337. The van der Waals surface area contributed by atoms with E-state index in [0.29, 0.717) is 5.92 Å². The molecule has 0 spiro atoms. The molecule has 1 atom stereocenters. The van der Waals surface area contributed by atoms with E-state index in [0.717, 1.165) is 24.9 Å². The van der Waals surface area contributed by atoms with Gasteiger partial charge in [0.1, 0.15) is 0 Å². The van der Waals surface area contributed by atoms with Gasteiger partial charge in [0.15, 0.2) is 0 Å². The van der Waals surface area contributed by atoms with Gasteiger partial charge in [0.05, 0.1) is 0 Å². The first-order valence-corrected chi connectivity index (χ1v) is 7.84. The molecule has 1 aromatic rings. The van der Waals surface area contributed by atoms with Crippen LogP contribution in [0.3, 0.4) is 0 Å². The first-order valence-electron chi connectivity index (χ1n) is 7.84. The molecule has 1 heteroatoms. The van der Waals surface area contributed by atoms with Crippen LogP contribution in [0.4, 0.5) is 0 Å². The van der Waals surface area contributed by atoms with E-state index in [1.54, 1.807) is 0 Å². The lowest BCUT2D eigenvalue weighted by Gasteiger charge is -2.21. The Morgan fingerprint density at radius 2 is 1.63 bits per heavy atom. The lowest BCUT2D eigenvalue weighted by Crippen LogP contribution is -2.28. The van der Waals surface area contributed by atoms with E-state index in [9.17, 15) is 0 Å². The number of nitrogens with one attached hydrogen (secondary N) is 1. The minimum atomic E-state index is 0.626. The van der Waals surface area contributed by atoms with Gasteiger partial charge in [-0.05, 0) is 54.8 Å². The van der Waals surface area contributed by atoms with Crippen LogP contribution in [0.2, 0.25) is 0 Å². The number of benzene rings is 1. The summed E-state index contributed by atoms with van der Waals surface area (Å²) in [5, 5.41) is 3.57. The molecule has 1 unspecified atom stereocenters. The first-order chi connectivity index (χ1) is 9.04. The van der Waals surface area contributed by atoms with Gasteiger partial charge in [-0.25, -0.2) is 0 Å². The molecule has 0 saturated heterocycles. The second-order valence-corrected chi connectivity index (χ2v) is 6.31. The minimum absolute atomic E-state index is 0.626. The third-order valence-corrected chi connectivity index (χ3v) is 3.92. The molecule has 0 heterocycles. The number of hydrogen-bond donors (Lipinski definition) is 1. The van der Waals surface area contributed by atoms with Crippen molar-refractivity contribution in [3.63, 3.8) is 0 Å². The molecule has 1 rings (SSSR count). The Hall–Kier alpha value is -0.820. The van der Waals surface area contributed by atoms with Crippen molar-refractivity contribution < 1.29 is 0 Å². The largest absolute Gasteiger partial charge is 0.316 e. The number of rotatable bonds is 8. The van der Waals surface area contributed by atoms with Crippen LogP contribution in [-0.2, 0) is 6.42 Å². The lowest BCUT2D eigenvalue weighted by molar-refractivity contribution is 0.361. The van der Waals surface area contributed by atoms with Gasteiger partial charge in [-0.1, -0.05) is 58.9 Å². The van der Waals surface area contributed by atoms with Gasteiger partial charge >= 0.3 is 0 Å². The molecule has 108 valence electrons. The summed E-state index contributed by atoms with van der Waals surface area (Å²) in [5.74, 6) is 2.09. The normalized spacial score (nSPS) is 13.2. The zero-order chi connectivity index (χ0) is 14.3. The smallest absolute Gasteiger partial charge is 0.00149 e. The molecule has 0 bridgehead atoms. The summed E-state index contributed by atoms with van der Waals surface area (Å²) in [6, 6.07) is 9.20. The monoisotopic (exact) mass is 261 g/mol. The maximum absolute atomic E-state index is 3.57. The van der Waals surface area contributed by atoms with Crippen molar-refractivity contribution in [2.24, 2.45) is 11.8 Å². The molecule has 0 amide bonds. The average molecular weight is 261 g/mol. The molecule has 0 radical (unpaired) electrons. The van der Waals surface area contributed by atoms with Crippen molar-refractivity contribution in [3.05, 3.63) is 35.4 Å². The van der Waals surface area contributed by atoms with Crippen LogP contribution in [0.15, 0.2) is 24.3 Å². The van der Waals surface area contributed by atoms with Gasteiger partial charge in [0.25, 0.3) is 0 Å². The molecule has 0 fully saturated rings. The molecule has 0 aliphatic carbocycles. The van der Waals surface area contributed by atoms with Crippen LogP contribution < -0.4 is 5.32 Å². The molecular weight excluding hydrogens is 230 g/mol. The maximum Gasteiger partial charge on any atom is -0.00149 e. The molecule has 1 N–H and O–H groups in total. The van der Waals surface area contributed by atoms with E-state index in [4.69, 9.17) is 0 Å². The van der Waals surface area contributed by atoms with Crippen LogP contribution in [0.25, 0.3) is 0 Å². The fraction of sp³-hybridized carbons (Fsp3) is 0.667. The third kappa shape index (κ3) is 5.78. The minimum Gasteiger partial charge on any atom is -0.316 e. The van der Waals surface area contributed by atoms with E-state index in [2.05, 4.69) is 64.2 Å². The highest BCUT2D eigenvalue weighted by Crippen LogP contribution is 2.19. The topological polar surface area (TPSA) is 12.0 Å². The third-order valence-electron chi connectivity index (χ3n) is 3.92. The van der Waals surface area contributed by atoms with Crippen LogP contribution in [0.1, 0.15) is 58.1 Å². The van der Waals surface area contributed by atoms with Crippen molar-refractivity contribution in [2.45, 2.75) is 53.4 Å². The molecule has 1 nitrogen and oxygen atoms in total. The van der Waals surface area contributed by atoms with Crippen LogP contribution in [0, 0.1) is 11.8 Å². The van der Waals surface area contributed by atoms with Gasteiger partial charge in [0.2, 0.25) is 0 Å². The molecule has 0 aliphatic heterocycles. The van der Waals surface area contributed by atoms with Gasteiger partial charge in [-0.2, -0.15) is 0 Å². The summed E-state index contributed by atoms with van der Waals surface area (Å²) in [4.78, 5) is 0. The van der Waals surface area contributed by atoms with Crippen molar-refractivity contribution in [2.75, 3.05) is 13.1 Å². The van der Waals surface area contributed by atoms with Crippen molar-refractivity contribution >= 4 is 0 Å². The van der Waals surface area contributed by atoms with Crippen LogP contribution in [0.5, 0.6) is 0 Å². The second kappa shape index (κ2) is 8.37. The van der Waals surface area contributed by atoms with E-state index in [1.165, 1.54) is 24.0 Å². The Morgan fingerprint density at radius 1 is 1.00 bits per heavy atom. The highest BCUT2D eigenvalue weighted by atomic mass is 14.9. The summed E-state index contributed by atoms with van der Waals surface area (Å²) in [7, 11) is 0. The second-order valence-electron chi connectivity index (χ2n) is 6.31. The van der Waals surface area contributed by atoms with Crippen LogP contribution >= 0.6 is 0 Å². The van der Waals surface area contributed by atoms with Crippen molar-refractivity contribution in [1.82, 2.24) is 5.32 Å². The Morgan fingerprint density at radius 3 is 2.11 bits per heavy atom. The molecule has 19 heavy (non-hydrogen) atoms. The van der Waals surface area contributed by atoms with Crippen molar-refractivity contribution in [3.8, 4) is 0 Å². The summed E-state index contributed by atoms with van der Waals surface area (Å²) in [5.41, 5.74) is 2.91. The highest BCUT2D eigenvalue weighted by Gasteiger charge is 2.13. The van der Waals surface area contributed by atoms with Gasteiger partial charge in [0, 0.05) is 0 Å². The summed E-state index contributed by atoms with van der Waals surface area (Å²) in [6.07, 6.45) is 2.40. The fourth-order valence-corrected chi connectivity index (χ4v) is 2.35. The summed E-state index contributed by atoms with van der Waals surface area (Å²) < 4.78 is 0. The van der Waals surface area contributed by atoms with E-state index in [1.807, 2.05) is 0 Å². The number of hydrogen-bond acceptors (Lipinski definition) is 1. The zero-order valence-electron chi connectivity index (χ0n) is 13.4. The molecule has 0 aromatic heterocycles. The maximum atomic E-state index is 3.57. The fourth-order valence-electron chi connectivity index (χ4n) is 2.35. The first kappa shape index (κ1) is 16.2. The van der Waals surface area contributed by atoms with Crippen LogP contribution in [-0.4, -0.2) is 13.1 Å².